The smallest absolute Gasteiger partial charge is 0.229 e. The molecule has 0 aromatic heterocycles. The number of hydrogen-bond donors (Lipinski definition) is 1. The van der Waals surface area contributed by atoms with Gasteiger partial charge in [-0.15, -0.1) is 0 Å². The van der Waals surface area contributed by atoms with E-state index >= 15 is 0 Å². The van der Waals surface area contributed by atoms with E-state index in [0.717, 1.165) is 12.0 Å². The van der Waals surface area contributed by atoms with Crippen LogP contribution in [0.1, 0.15) is 5.56 Å². The van der Waals surface area contributed by atoms with E-state index in [1.165, 1.54) is 12.1 Å². The minimum atomic E-state index is -0.231. The van der Waals surface area contributed by atoms with Crippen molar-refractivity contribution < 1.29 is 9.18 Å². The third kappa shape index (κ3) is 4.04. The molecule has 0 fully saturated rings. The third-order valence-electron chi connectivity index (χ3n) is 1.77. The van der Waals surface area contributed by atoms with Crippen LogP contribution in [0.2, 0.25) is 0 Å². The van der Waals surface area contributed by atoms with Crippen LogP contribution in [0.5, 0.6) is 0 Å². The highest BCUT2D eigenvalue weighted by Gasteiger charge is 1.97. The molecule has 1 rings (SSSR count). The van der Waals surface area contributed by atoms with Crippen LogP contribution in [-0.2, 0) is 11.2 Å². The summed E-state index contributed by atoms with van der Waals surface area (Å²) in [7, 11) is 0. The molecule has 0 bridgehead atoms. The first-order chi connectivity index (χ1) is 6.72. The van der Waals surface area contributed by atoms with Gasteiger partial charge in [-0.05, 0) is 24.1 Å². The molecule has 0 saturated carbocycles. The molecule has 1 N–H and O–H groups in total. The molecule has 0 atom stereocenters. The van der Waals surface area contributed by atoms with Gasteiger partial charge in [0, 0.05) is 6.54 Å². The number of carbonyl (C=O) groups is 1. The van der Waals surface area contributed by atoms with E-state index in [-0.39, 0.29) is 11.7 Å². The first-order valence-corrected chi connectivity index (χ1v) is 5.82. The van der Waals surface area contributed by atoms with Crippen molar-refractivity contribution >= 4 is 28.5 Å². The van der Waals surface area contributed by atoms with Gasteiger partial charge in [0.25, 0.3) is 0 Å². The Morgan fingerprint density at radius 2 is 2.00 bits per heavy atom. The molecule has 0 heterocycles. The normalized spacial score (nSPS) is 9.86. The van der Waals surface area contributed by atoms with Crippen LogP contribution >= 0.6 is 22.6 Å². The highest BCUT2D eigenvalue weighted by atomic mass is 127. The summed E-state index contributed by atoms with van der Waals surface area (Å²) in [6.45, 7) is 0.605. The molecule has 0 aliphatic rings. The van der Waals surface area contributed by atoms with Crippen LogP contribution in [0.4, 0.5) is 4.39 Å². The predicted octanol–water partition coefficient (Wildman–Crippen LogP) is 1.92. The Bertz CT molecular complexity index is 299. The fraction of sp³-hybridized carbons (Fsp3) is 0.300. The van der Waals surface area contributed by atoms with E-state index in [9.17, 15) is 9.18 Å². The number of benzene rings is 1. The van der Waals surface area contributed by atoms with Gasteiger partial charge in [0.2, 0.25) is 5.91 Å². The molecule has 14 heavy (non-hydrogen) atoms. The lowest BCUT2D eigenvalue weighted by atomic mass is 10.1. The van der Waals surface area contributed by atoms with Gasteiger partial charge in [0.05, 0.1) is 4.43 Å². The molecule has 0 aliphatic heterocycles. The molecule has 1 amide bonds. The highest BCUT2D eigenvalue weighted by molar-refractivity contribution is 14.1. The monoisotopic (exact) mass is 307 g/mol. The van der Waals surface area contributed by atoms with Gasteiger partial charge < -0.3 is 5.32 Å². The fourth-order valence-electron chi connectivity index (χ4n) is 1.04. The number of carbonyl (C=O) groups excluding carboxylic acids is 1. The van der Waals surface area contributed by atoms with E-state index in [4.69, 9.17) is 0 Å². The van der Waals surface area contributed by atoms with Gasteiger partial charge in [-0.1, -0.05) is 34.7 Å². The number of nitrogens with one attached hydrogen (secondary N) is 1. The van der Waals surface area contributed by atoms with E-state index < -0.39 is 0 Å². The summed E-state index contributed by atoms with van der Waals surface area (Å²) in [4.78, 5) is 10.9. The van der Waals surface area contributed by atoms with Crippen LogP contribution < -0.4 is 5.32 Å². The molecule has 1 aromatic rings. The first kappa shape index (κ1) is 11.4. The van der Waals surface area contributed by atoms with E-state index in [1.54, 1.807) is 12.1 Å². The minimum absolute atomic E-state index is 0.0349. The average molecular weight is 307 g/mol. The SMILES string of the molecule is O=C(CI)NCCc1ccc(F)cc1. The Kier molecular flexibility index (Phi) is 4.86. The molecule has 0 aliphatic carbocycles. The van der Waals surface area contributed by atoms with E-state index in [2.05, 4.69) is 5.32 Å². The third-order valence-corrected chi connectivity index (χ3v) is 2.46. The Hall–Kier alpha value is -0.650. The van der Waals surface area contributed by atoms with Crippen LogP contribution in [0.15, 0.2) is 24.3 Å². The molecule has 0 spiro atoms. The standard InChI is InChI=1S/C10H11FINO/c11-9-3-1-8(2-4-9)5-6-13-10(14)7-12/h1-4H,5-7H2,(H,13,14). The van der Waals surface area contributed by atoms with Crippen molar-refractivity contribution in [2.24, 2.45) is 0 Å². The molecule has 0 unspecified atom stereocenters. The van der Waals surface area contributed by atoms with Crippen molar-refractivity contribution in [1.82, 2.24) is 5.32 Å². The van der Waals surface area contributed by atoms with Gasteiger partial charge in [-0.25, -0.2) is 4.39 Å². The number of halogens is 2. The summed E-state index contributed by atoms with van der Waals surface area (Å²) in [6.07, 6.45) is 0.739. The summed E-state index contributed by atoms with van der Waals surface area (Å²) in [6, 6.07) is 6.31. The lowest BCUT2D eigenvalue weighted by Gasteiger charge is -2.02. The molecular weight excluding hydrogens is 296 g/mol. The molecule has 2 nitrogen and oxygen atoms in total. The summed E-state index contributed by atoms with van der Waals surface area (Å²) in [5.41, 5.74) is 1.03. The van der Waals surface area contributed by atoms with Gasteiger partial charge >= 0.3 is 0 Å². The highest BCUT2D eigenvalue weighted by Crippen LogP contribution is 2.02. The lowest BCUT2D eigenvalue weighted by Crippen LogP contribution is -2.26. The second-order valence-corrected chi connectivity index (χ2v) is 3.62. The first-order valence-electron chi connectivity index (χ1n) is 4.29. The molecule has 4 heteroatoms. The summed E-state index contributed by atoms with van der Waals surface area (Å²) in [5, 5.41) is 2.76. The second-order valence-electron chi connectivity index (χ2n) is 2.86. The number of amides is 1. The lowest BCUT2D eigenvalue weighted by molar-refractivity contribution is -0.118. The van der Waals surface area contributed by atoms with Crippen molar-refractivity contribution in [3.05, 3.63) is 35.6 Å². The van der Waals surface area contributed by atoms with Crippen molar-refractivity contribution in [2.75, 3.05) is 11.0 Å². The Balaban J connectivity index is 2.31. The summed E-state index contributed by atoms with van der Waals surface area (Å²) >= 11 is 2.01. The Morgan fingerprint density at radius 3 is 2.57 bits per heavy atom. The van der Waals surface area contributed by atoms with Crippen LogP contribution in [0.3, 0.4) is 0 Å². The maximum absolute atomic E-state index is 12.5. The molecule has 76 valence electrons. The van der Waals surface area contributed by atoms with E-state index in [1.807, 2.05) is 22.6 Å². The van der Waals surface area contributed by atoms with Gasteiger partial charge in [0.1, 0.15) is 5.82 Å². The Morgan fingerprint density at radius 1 is 1.36 bits per heavy atom. The molecule has 0 radical (unpaired) electrons. The average Bonchev–Trinajstić information content (AvgIpc) is 2.21. The zero-order chi connectivity index (χ0) is 10.4. The van der Waals surface area contributed by atoms with Gasteiger partial charge in [-0.3, -0.25) is 4.79 Å². The van der Waals surface area contributed by atoms with Gasteiger partial charge in [-0.2, -0.15) is 0 Å². The maximum atomic E-state index is 12.5. The maximum Gasteiger partial charge on any atom is 0.229 e. The van der Waals surface area contributed by atoms with Crippen molar-refractivity contribution in [2.45, 2.75) is 6.42 Å². The predicted molar refractivity (Wildman–Crippen MR) is 62.0 cm³/mol. The summed E-state index contributed by atoms with van der Waals surface area (Å²) in [5.74, 6) is -0.197. The number of rotatable bonds is 4. The quantitative estimate of drug-likeness (QED) is 0.668. The minimum Gasteiger partial charge on any atom is -0.355 e. The fourth-order valence-corrected chi connectivity index (χ4v) is 1.31. The zero-order valence-corrected chi connectivity index (χ0v) is 9.75. The molecule has 0 saturated heterocycles. The number of hydrogen-bond acceptors (Lipinski definition) is 1. The van der Waals surface area contributed by atoms with Gasteiger partial charge in [0.15, 0.2) is 0 Å². The molecule has 1 aromatic carbocycles. The zero-order valence-electron chi connectivity index (χ0n) is 7.59. The summed E-state index contributed by atoms with van der Waals surface area (Å²) < 4.78 is 13.0. The molecular formula is C10H11FINO. The Labute approximate surface area is 96.0 Å². The number of alkyl halides is 1. The second kappa shape index (κ2) is 5.95. The van der Waals surface area contributed by atoms with Crippen molar-refractivity contribution in [3.63, 3.8) is 0 Å². The topological polar surface area (TPSA) is 29.1 Å². The van der Waals surface area contributed by atoms with Crippen LogP contribution in [0.25, 0.3) is 0 Å². The largest absolute Gasteiger partial charge is 0.355 e. The van der Waals surface area contributed by atoms with Crippen LogP contribution in [-0.4, -0.2) is 16.9 Å². The van der Waals surface area contributed by atoms with Crippen molar-refractivity contribution in [3.8, 4) is 0 Å². The van der Waals surface area contributed by atoms with Crippen molar-refractivity contribution in [1.29, 1.82) is 0 Å². The van der Waals surface area contributed by atoms with Crippen LogP contribution in [0, 0.1) is 5.82 Å². The van der Waals surface area contributed by atoms with E-state index in [0.29, 0.717) is 11.0 Å².